The van der Waals surface area contributed by atoms with E-state index in [9.17, 15) is 10.1 Å². The molecule has 1 fully saturated rings. The van der Waals surface area contributed by atoms with E-state index in [1.54, 1.807) is 12.1 Å². The molecule has 2 aromatic rings. The van der Waals surface area contributed by atoms with Gasteiger partial charge in [-0.25, -0.2) is 0 Å². The van der Waals surface area contributed by atoms with E-state index in [1.165, 1.54) is 5.56 Å². The molecule has 0 radical (unpaired) electrons. The van der Waals surface area contributed by atoms with Gasteiger partial charge in [0.05, 0.1) is 29.4 Å². The predicted molar refractivity (Wildman–Crippen MR) is 88.6 cm³/mol. The monoisotopic (exact) mass is 307 g/mol. The molecule has 4 unspecified atom stereocenters. The Hall–Kier alpha value is -2.69. The molecule has 0 spiro atoms. The van der Waals surface area contributed by atoms with Gasteiger partial charge in [-0.1, -0.05) is 49.4 Å². The lowest BCUT2D eigenvalue weighted by atomic mass is 9.90. The van der Waals surface area contributed by atoms with Crippen LogP contribution in [0.2, 0.25) is 0 Å². The normalized spacial score (nSPS) is 26.0. The fraction of sp³-hybridized carbons (Fsp3) is 0.278. The van der Waals surface area contributed by atoms with Crippen molar-refractivity contribution in [2.24, 2.45) is 4.99 Å². The standard InChI is InChI=1S/C18H17N3O2/c1-12(13-5-3-2-4-6-13)16-18-17(20(18)11-19-16)14-7-9-15(10-8-14)21(22)23/h2-12,16-18H,1H3. The van der Waals surface area contributed by atoms with Gasteiger partial charge in [-0.3, -0.25) is 15.1 Å². The van der Waals surface area contributed by atoms with Crippen LogP contribution in [0.1, 0.15) is 30.0 Å². The van der Waals surface area contributed by atoms with E-state index in [4.69, 9.17) is 0 Å². The first kappa shape index (κ1) is 13.9. The van der Waals surface area contributed by atoms with E-state index in [0.717, 1.165) is 5.56 Å². The summed E-state index contributed by atoms with van der Waals surface area (Å²) in [7, 11) is 0. The van der Waals surface area contributed by atoms with Crippen LogP contribution < -0.4 is 0 Å². The summed E-state index contributed by atoms with van der Waals surface area (Å²) in [4.78, 5) is 17.3. The van der Waals surface area contributed by atoms with E-state index >= 15 is 0 Å². The van der Waals surface area contributed by atoms with E-state index in [-0.39, 0.29) is 16.7 Å². The molecule has 4 rings (SSSR count). The minimum Gasteiger partial charge on any atom is -0.346 e. The first-order chi connectivity index (χ1) is 11.2. The van der Waals surface area contributed by atoms with Gasteiger partial charge in [0.1, 0.15) is 0 Å². The highest BCUT2D eigenvalue weighted by Crippen LogP contribution is 2.50. The SMILES string of the molecule is CC(c1ccccc1)C1N=CN2C(c3ccc([N+](=O)[O-])cc3)C12. The fourth-order valence-corrected chi connectivity index (χ4v) is 3.56. The van der Waals surface area contributed by atoms with Crippen LogP contribution >= 0.6 is 0 Å². The summed E-state index contributed by atoms with van der Waals surface area (Å²) >= 11 is 0. The highest BCUT2D eigenvalue weighted by Gasteiger charge is 2.56. The maximum atomic E-state index is 10.8. The van der Waals surface area contributed by atoms with Gasteiger partial charge in [0.2, 0.25) is 0 Å². The van der Waals surface area contributed by atoms with Crippen LogP contribution in [-0.4, -0.2) is 28.2 Å². The lowest BCUT2D eigenvalue weighted by molar-refractivity contribution is -0.384. The summed E-state index contributed by atoms with van der Waals surface area (Å²) in [5.74, 6) is 0.352. The fourth-order valence-electron chi connectivity index (χ4n) is 3.56. The molecule has 2 aliphatic rings. The molecule has 23 heavy (non-hydrogen) atoms. The number of hydrogen-bond acceptors (Lipinski definition) is 4. The summed E-state index contributed by atoms with van der Waals surface area (Å²) in [6, 6.07) is 18.2. The average molecular weight is 307 g/mol. The Morgan fingerprint density at radius 3 is 2.48 bits per heavy atom. The number of hydrogen-bond donors (Lipinski definition) is 0. The Labute approximate surface area is 134 Å². The maximum absolute atomic E-state index is 10.8. The van der Waals surface area contributed by atoms with Crippen LogP contribution in [0.5, 0.6) is 0 Å². The smallest absolute Gasteiger partial charge is 0.269 e. The first-order valence-electron chi connectivity index (χ1n) is 7.77. The molecular formula is C18H17N3O2. The number of rotatable bonds is 4. The Kier molecular flexibility index (Phi) is 3.15. The zero-order chi connectivity index (χ0) is 16.0. The van der Waals surface area contributed by atoms with Gasteiger partial charge in [0.25, 0.3) is 5.69 Å². The molecule has 0 saturated carbocycles. The van der Waals surface area contributed by atoms with Crippen molar-refractivity contribution in [3.63, 3.8) is 0 Å². The van der Waals surface area contributed by atoms with Crippen molar-refractivity contribution < 1.29 is 4.92 Å². The van der Waals surface area contributed by atoms with Crippen molar-refractivity contribution in [2.75, 3.05) is 0 Å². The third-order valence-electron chi connectivity index (χ3n) is 4.90. The molecular weight excluding hydrogens is 290 g/mol. The average Bonchev–Trinajstić information content (AvgIpc) is 3.14. The van der Waals surface area contributed by atoms with Crippen LogP contribution in [0.25, 0.3) is 0 Å². The zero-order valence-electron chi connectivity index (χ0n) is 12.7. The lowest BCUT2D eigenvalue weighted by Gasteiger charge is -2.18. The van der Waals surface area contributed by atoms with Crippen molar-refractivity contribution >= 4 is 12.0 Å². The molecule has 0 bridgehead atoms. The number of aliphatic imine (C=N–C) groups is 1. The van der Waals surface area contributed by atoms with Crippen molar-refractivity contribution in [2.45, 2.75) is 31.0 Å². The van der Waals surface area contributed by atoms with Crippen LogP contribution in [0.3, 0.4) is 0 Å². The van der Waals surface area contributed by atoms with E-state index in [0.29, 0.717) is 18.0 Å². The Bertz CT molecular complexity index is 758. The van der Waals surface area contributed by atoms with Gasteiger partial charge in [-0.2, -0.15) is 0 Å². The molecule has 116 valence electrons. The molecule has 2 aromatic carbocycles. The first-order valence-corrected chi connectivity index (χ1v) is 7.77. The maximum Gasteiger partial charge on any atom is 0.269 e. The third kappa shape index (κ3) is 2.29. The van der Waals surface area contributed by atoms with Gasteiger partial charge in [0, 0.05) is 18.1 Å². The largest absolute Gasteiger partial charge is 0.346 e. The Balaban J connectivity index is 1.53. The molecule has 0 N–H and O–H groups in total. The summed E-state index contributed by atoms with van der Waals surface area (Å²) < 4.78 is 0. The van der Waals surface area contributed by atoms with Gasteiger partial charge in [0.15, 0.2) is 0 Å². The van der Waals surface area contributed by atoms with Gasteiger partial charge in [-0.15, -0.1) is 0 Å². The molecule has 1 saturated heterocycles. The second-order valence-corrected chi connectivity index (χ2v) is 6.19. The van der Waals surface area contributed by atoms with E-state index in [1.807, 2.05) is 24.5 Å². The second-order valence-electron chi connectivity index (χ2n) is 6.19. The van der Waals surface area contributed by atoms with Crippen molar-refractivity contribution in [1.82, 2.24) is 4.90 Å². The number of nitro groups is 1. The van der Waals surface area contributed by atoms with Gasteiger partial charge in [-0.05, 0) is 11.1 Å². The Morgan fingerprint density at radius 1 is 1.13 bits per heavy atom. The molecule has 2 aliphatic heterocycles. The number of benzene rings is 2. The summed E-state index contributed by atoms with van der Waals surface area (Å²) in [6.07, 6.45) is 1.93. The lowest BCUT2D eigenvalue weighted by Crippen LogP contribution is -2.19. The van der Waals surface area contributed by atoms with E-state index < -0.39 is 0 Å². The number of fused-ring (bicyclic) bond motifs is 1. The van der Waals surface area contributed by atoms with Crippen LogP contribution in [0.4, 0.5) is 5.69 Å². The molecule has 0 aromatic heterocycles. The molecule has 2 heterocycles. The Morgan fingerprint density at radius 2 is 1.83 bits per heavy atom. The molecule has 5 heteroatoms. The minimum atomic E-state index is -0.362. The quantitative estimate of drug-likeness (QED) is 0.493. The van der Waals surface area contributed by atoms with Crippen molar-refractivity contribution in [1.29, 1.82) is 0 Å². The molecule has 4 atom stereocenters. The highest BCUT2D eigenvalue weighted by atomic mass is 16.6. The van der Waals surface area contributed by atoms with Crippen LogP contribution in [0, 0.1) is 10.1 Å². The second kappa shape index (κ2) is 5.19. The summed E-state index contributed by atoms with van der Waals surface area (Å²) in [6.45, 7) is 2.21. The summed E-state index contributed by atoms with van der Waals surface area (Å²) in [5, 5.41) is 10.8. The van der Waals surface area contributed by atoms with Gasteiger partial charge < -0.3 is 4.90 Å². The predicted octanol–water partition coefficient (Wildman–Crippen LogP) is 3.53. The van der Waals surface area contributed by atoms with Crippen molar-refractivity contribution in [3.05, 3.63) is 75.8 Å². The van der Waals surface area contributed by atoms with E-state index in [2.05, 4.69) is 41.1 Å². The van der Waals surface area contributed by atoms with Crippen LogP contribution in [-0.2, 0) is 0 Å². The summed E-state index contributed by atoms with van der Waals surface area (Å²) in [5.41, 5.74) is 2.56. The number of nitro benzene ring substituents is 1. The van der Waals surface area contributed by atoms with Crippen molar-refractivity contribution in [3.8, 4) is 0 Å². The molecule has 0 aliphatic carbocycles. The number of non-ortho nitro benzene ring substituents is 1. The highest BCUT2D eigenvalue weighted by molar-refractivity contribution is 5.67. The minimum absolute atomic E-state index is 0.137. The van der Waals surface area contributed by atoms with Gasteiger partial charge >= 0.3 is 0 Å². The molecule has 0 amide bonds. The third-order valence-corrected chi connectivity index (χ3v) is 4.90. The molecule has 5 nitrogen and oxygen atoms in total. The zero-order valence-corrected chi connectivity index (χ0v) is 12.7. The number of nitrogens with zero attached hydrogens (tertiary/aromatic N) is 3. The van der Waals surface area contributed by atoms with Crippen LogP contribution in [0.15, 0.2) is 59.6 Å². The topological polar surface area (TPSA) is 58.5 Å².